The summed E-state index contributed by atoms with van der Waals surface area (Å²) in [6.07, 6.45) is 3.86. The van der Waals surface area contributed by atoms with Crippen molar-refractivity contribution in [3.05, 3.63) is 0 Å². The molecule has 5 nitrogen and oxygen atoms in total. The summed E-state index contributed by atoms with van der Waals surface area (Å²) in [6.45, 7) is 2.92. The van der Waals surface area contributed by atoms with Crippen LogP contribution in [0.5, 0.6) is 0 Å². The highest BCUT2D eigenvalue weighted by molar-refractivity contribution is 5.76. The molecule has 0 radical (unpaired) electrons. The summed E-state index contributed by atoms with van der Waals surface area (Å²) in [5, 5.41) is 2.80. The van der Waals surface area contributed by atoms with Gasteiger partial charge in [-0.25, -0.2) is 0 Å². The van der Waals surface area contributed by atoms with Gasteiger partial charge in [-0.15, -0.1) is 0 Å². The third-order valence-corrected chi connectivity index (χ3v) is 2.52. The molecule has 1 amide bonds. The highest BCUT2D eigenvalue weighted by Gasteiger charge is 2.16. The van der Waals surface area contributed by atoms with Gasteiger partial charge in [-0.05, 0) is 19.3 Å². The summed E-state index contributed by atoms with van der Waals surface area (Å²) in [5.74, 6) is 0.0447. The number of carbonyl (C=O) groups excluding carboxylic acids is 1. The molecule has 0 saturated carbocycles. The van der Waals surface area contributed by atoms with Gasteiger partial charge < -0.3 is 20.5 Å². The Labute approximate surface area is 96.7 Å². The summed E-state index contributed by atoms with van der Waals surface area (Å²) in [5.41, 5.74) is 5.27. The highest BCUT2D eigenvalue weighted by atomic mass is 16.5. The highest BCUT2D eigenvalue weighted by Crippen LogP contribution is 2.15. The first-order valence-electron chi connectivity index (χ1n) is 5.99. The zero-order chi connectivity index (χ0) is 11.6. The van der Waals surface area contributed by atoms with Crippen molar-refractivity contribution in [2.75, 3.05) is 32.9 Å². The van der Waals surface area contributed by atoms with Crippen molar-refractivity contribution in [3.63, 3.8) is 0 Å². The number of amides is 1. The molecule has 1 heterocycles. The lowest BCUT2D eigenvalue weighted by Crippen LogP contribution is -2.32. The Morgan fingerprint density at radius 3 is 3.00 bits per heavy atom. The van der Waals surface area contributed by atoms with E-state index in [0.717, 1.165) is 25.9 Å². The summed E-state index contributed by atoms with van der Waals surface area (Å²) in [7, 11) is 0. The molecule has 0 aromatic rings. The molecule has 94 valence electrons. The van der Waals surface area contributed by atoms with Gasteiger partial charge in [0.05, 0.1) is 25.7 Å². The number of rotatable bonds is 7. The van der Waals surface area contributed by atoms with Crippen LogP contribution < -0.4 is 11.1 Å². The van der Waals surface area contributed by atoms with Crippen molar-refractivity contribution in [2.24, 2.45) is 5.73 Å². The van der Waals surface area contributed by atoms with Gasteiger partial charge in [-0.2, -0.15) is 0 Å². The molecule has 1 saturated heterocycles. The van der Waals surface area contributed by atoms with Gasteiger partial charge in [0.25, 0.3) is 0 Å². The van der Waals surface area contributed by atoms with Crippen LogP contribution in [0, 0.1) is 0 Å². The molecule has 1 aliphatic rings. The van der Waals surface area contributed by atoms with Crippen LogP contribution in [0.3, 0.4) is 0 Å². The molecule has 0 aromatic heterocycles. The molecule has 5 heteroatoms. The van der Waals surface area contributed by atoms with Gasteiger partial charge in [0.2, 0.25) is 5.91 Å². The van der Waals surface area contributed by atoms with Crippen LogP contribution in [-0.2, 0) is 14.3 Å². The number of ether oxygens (including phenoxy) is 2. The Bertz CT molecular complexity index is 194. The fourth-order valence-electron chi connectivity index (χ4n) is 1.70. The predicted octanol–water partition coefficient (Wildman–Crippen LogP) is 0.0371. The molecule has 1 unspecified atom stereocenters. The minimum Gasteiger partial charge on any atom is -0.378 e. The lowest BCUT2D eigenvalue weighted by molar-refractivity contribution is -0.125. The zero-order valence-corrected chi connectivity index (χ0v) is 9.74. The first-order chi connectivity index (χ1) is 7.83. The molecule has 1 atom stereocenters. The largest absolute Gasteiger partial charge is 0.378 e. The van der Waals surface area contributed by atoms with E-state index in [1.807, 2.05) is 0 Å². The quantitative estimate of drug-likeness (QED) is 0.605. The van der Waals surface area contributed by atoms with Crippen molar-refractivity contribution in [2.45, 2.75) is 31.8 Å². The lowest BCUT2D eigenvalue weighted by atomic mass is 10.1. The first-order valence-corrected chi connectivity index (χ1v) is 5.99. The van der Waals surface area contributed by atoms with Crippen LogP contribution in [0.2, 0.25) is 0 Å². The Hall–Kier alpha value is -0.650. The maximum Gasteiger partial charge on any atom is 0.222 e. The fourth-order valence-corrected chi connectivity index (χ4v) is 1.70. The Morgan fingerprint density at radius 1 is 1.44 bits per heavy atom. The summed E-state index contributed by atoms with van der Waals surface area (Å²) < 4.78 is 10.6. The molecule has 1 rings (SSSR count). The average molecular weight is 230 g/mol. The van der Waals surface area contributed by atoms with Gasteiger partial charge in [0.1, 0.15) is 0 Å². The number of hydrogen-bond acceptors (Lipinski definition) is 4. The minimum absolute atomic E-state index is 0.0447. The van der Waals surface area contributed by atoms with E-state index in [2.05, 4.69) is 5.32 Å². The van der Waals surface area contributed by atoms with Crippen LogP contribution in [0.25, 0.3) is 0 Å². The van der Waals surface area contributed by atoms with Crippen molar-refractivity contribution in [1.82, 2.24) is 5.32 Å². The summed E-state index contributed by atoms with van der Waals surface area (Å²) in [6, 6.07) is 0. The Balaban J connectivity index is 1.97. The molecular weight excluding hydrogens is 208 g/mol. The van der Waals surface area contributed by atoms with Crippen LogP contribution in [0.4, 0.5) is 0 Å². The number of nitrogens with two attached hydrogens (primary N) is 1. The molecule has 1 fully saturated rings. The molecule has 0 bridgehead atoms. The first kappa shape index (κ1) is 13.4. The average Bonchev–Trinajstić information content (AvgIpc) is 2.30. The van der Waals surface area contributed by atoms with Crippen LogP contribution in [0.15, 0.2) is 0 Å². The van der Waals surface area contributed by atoms with Crippen LogP contribution in [0.1, 0.15) is 25.7 Å². The maximum absolute atomic E-state index is 11.5. The normalized spacial score (nSPS) is 20.7. The van der Waals surface area contributed by atoms with Gasteiger partial charge in [-0.1, -0.05) is 0 Å². The smallest absolute Gasteiger partial charge is 0.222 e. The predicted molar refractivity (Wildman–Crippen MR) is 61.1 cm³/mol. The second kappa shape index (κ2) is 8.50. The van der Waals surface area contributed by atoms with Crippen LogP contribution in [-0.4, -0.2) is 44.9 Å². The van der Waals surface area contributed by atoms with Crippen molar-refractivity contribution < 1.29 is 14.3 Å². The van der Waals surface area contributed by atoms with Crippen molar-refractivity contribution in [1.29, 1.82) is 0 Å². The fraction of sp³-hybridized carbons (Fsp3) is 0.909. The van der Waals surface area contributed by atoms with Crippen molar-refractivity contribution >= 4 is 5.91 Å². The van der Waals surface area contributed by atoms with E-state index in [1.165, 1.54) is 0 Å². The molecule has 1 aliphatic heterocycles. The summed E-state index contributed by atoms with van der Waals surface area (Å²) in [4.78, 5) is 11.5. The second-order valence-corrected chi connectivity index (χ2v) is 3.94. The Kier molecular flexibility index (Phi) is 7.12. The van der Waals surface area contributed by atoms with E-state index in [4.69, 9.17) is 15.2 Å². The molecule has 0 aromatic carbocycles. The third kappa shape index (κ3) is 6.05. The third-order valence-electron chi connectivity index (χ3n) is 2.52. The molecule has 0 spiro atoms. The minimum atomic E-state index is 0.0447. The van der Waals surface area contributed by atoms with Crippen LogP contribution >= 0.6 is 0 Å². The molecule has 3 N–H and O–H groups in total. The monoisotopic (exact) mass is 230 g/mol. The van der Waals surface area contributed by atoms with E-state index in [9.17, 15) is 4.79 Å². The van der Waals surface area contributed by atoms with E-state index < -0.39 is 0 Å². The standard InChI is InChI=1S/C11H22N2O3/c12-4-7-15-8-5-13-11(14)9-10-3-1-2-6-16-10/h10H,1-9,12H2,(H,13,14). The topological polar surface area (TPSA) is 73.6 Å². The van der Waals surface area contributed by atoms with Gasteiger partial charge >= 0.3 is 0 Å². The number of carbonyl (C=O) groups is 1. The molecule has 0 aliphatic carbocycles. The van der Waals surface area contributed by atoms with Gasteiger partial charge in [0, 0.05) is 19.7 Å². The number of hydrogen-bond donors (Lipinski definition) is 2. The van der Waals surface area contributed by atoms with Gasteiger partial charge in [0.15, 0.2) is 0 Å². The zero-order valence-electron chi connectivity index (χ0n) is 9.74. The van der Waals surface area contributed by atoms with Gasteiger partial charge in [-0.3, -0.25) is 4.79 Å². The maximum atomic E-state index is 11.5. The Morgan fingerprint density at radius 2 is 2.31 bits per heavy atom. The van der Waals surface area contributed by atoms with E-state index >= 15 is 0 Å². The molecular formula is C11H22N2O3. The SMILES string of the molecule is NCCOCCNC(=O)CC1CCCCO1. The van der Waals surface area contributed by atoms with E-state index in [0.29, 0.717) is 32.7 Å². The molecule has 16 heavy (non-hydrogen) atoms. The van der Waals surface area contributed by atoms with Crippen molar-refractivity contribution in [3.8, 4) is 0 Å². The van der Waals surface area contributed by atoms with E-state index in [-0.39, 0.29) is 12.0 Å². The second-order valence-electron chi connectivity index (χ2n) is 3.94. The summed E-state index contributed by atoms with van der Waals surface area (Å²) >= 11 is 0. The number of nitrogens with one attached hydrogen (secondary N) is 1. The lowest BCUT2D eigenvalue weighted by Gasteiger charge is -2.21. The van der Waals surface area contributed by atoms with E-state index in [1.54, 1.807) is 0 Å².